The zero-order chi connectivity index (χ0) is 6.04. The fourth-order valence-electron chi connectivity index (χ4n) is 1.02. The molecule has 1 aliphatic heterocycles. The molecule has 2 nitrogen and oxygen atoms in total. The molecule has 1 fully saturated rings. The number of hydrogen-bond acceptors (Lipinski definition) is 2. The molecule has 1 rings (SSSR count). The van der Waals surface area contributed by atoms with E-state index in [9.17, 15) is 0 Å². The molecule has 4 N–H and O–H groups in total. The molecule has 0 amide bonds. The van der Waals surface area contributed by atoms with Gasteiger partial charge >= 0.3 is 0 Å². The van der Waals surface area contributed by atoms with Gasteiger partial charge in [0.2, 0.25) is 0 Å². The summed E-state index contributed by atoms with van der Waals surface area (Å²) < 4.78 is 0. The monoisotopic (exact) mass is 134 g/mol. The normalized spacial score (nSPS) is 31.8. The molecule has 0 unspecified atom stereocenters. The summed E-state index contributed by atoms with van der Waals surface area (Å²) in [6, 6.07) is 0. The molecule has 0 radical (unpaired) electrons. The van der Waals surface area contributed by atoms with Gasteiger partial charge in [0.1, 0.15) is 0 Å². The first kappa shape index (κ1) is 6.39. The van der Waals surface area contributed by atoms with Crippen LogP contribution in [-0.4, -0.2) is 11.5 Å². The van der Waals surface area contributed by atoms with E-state index in [1.807, 2.05) is 0 Å². The molecule has 0 aromatic rings. The van der Waals surface area contributed by atoms with E-state index in [-0.39, 0.29) is 0 Å². The van der Waals surface area contributed by atoms with Crippen LogP contribution in [0.5, 0.6) is 0 Å². The molecular formula is C5H14N2S. The molecule has 0 aromatic heterocycles. The van der Waals surface area contributed by atoms with Gasteiger partial charge in [-0.05, 0) is 12.8 Å². The highest BCUT2D eigenvalue weighted by atomic mass is 32.3. The zero-order valence-electron chi connectivity index (χ0n) is 5.10. The second-order valence-corrected chi connectivity index (χ2v) is 5.31. The molecule has 1 aliphatic rings. The van der Waals surface area contributed by atoms with Gasteiger partial charge in [0, 0.05) is 11.5 Å². The van der Waals surface area contributed by atoms with E-state index in [2.05, 4.69) is 0 Å². The molecule has 3 heteroatoms. The van der Waals surface area contributed by atoms with E-state index in [1.54, 1.807) is 0 Å². The van der Waals surface area contributed by atoms with Crippen LogP contribution in [-0.2, 0) is 0 Å². The highest BCUT2D eigenvalue weighted by molar-refractivity contribution is 8.30. The molecule has 0 bridgehead atoms. The molecule has 50 valence electrons. The molecule has 0 saturated carbocycles. The van der Waals surface area contributed by atoms with Crippen LogP contribution in [0.3, 0.4) is 0 Å². The minimum atomic E-state index is -1.08. The van der Waals surface area contributed by atoms with Crippen molar-refractivity contribution in [3.05, 3.63) is 0 Å². The Morgan fingerprint density at radius 1 is 0.875 bits per heavy atom. The number of nitrogens with two attached hydrogens (primary N) is 2. The lowest BCUT2D eigenvalue weighted by atomic mass is 10.3. The second-order valence-electron chi connectivity index (χ2n) is 2.48. The van der Waals surface area contributed by atoms with Gasteiger partial charge in [-0.25, -0.2) is 0 Å². The molecule has 0 atom stereocenters. The van der Waals surface area contributed by atoms with Crippen molar-refractivity contribution in [1.82, 2.24) is 0 Å². The van der Waals surface area contributed by atoms with E-state index in [1.165, 1.54) is 19.3 Å². The van der Waals surface area contributed by atoms with Crippen molar-refractivity contribution in [2.75, 3.05) is 11.5 Å². The topological polar surface area (TPSA) is 52.0 Å². The lowest BCUT2D eigenvalue weighted by Crippen LogP contribution is -2.29. The average Bonchev–Trinajstić information content (AvgIpc) is 1.65. The van der Waals surface area contributed by atoms with Crippen molar-refractivity contribution in [3.63, 3.8) is 0 Å². The van der Waals surface area contributed by atoms with Crippen LogP contribution < -0.4 is 10.3 Å². The SMILES string of the molecule is NS1(N)CCCCC1. The Labute approximate surface area is 52.2 Å². The molecule has 1 saturated heterocycles. The third-order valence-electron chi connectivity index (χ3n) is 1.55. The Hall–Kier alpha value is 0.270. The summed E-state index contributed by atoms with van der Waals surface area (Å²) in [7, 11) is -1.08. The highest BCUT2D eigenvalue weighted by Gasteiger charge is 2.15. The largest absolute Gasteiger partial charge is 0.284 e. The molecule has 1 heterocycles. The van der Waals surface area contributed by atoms with Crippen molar-refractivity contribution in [2.24, 2.45) is 10.3 Å². The van der Waals surface area contributed by atoms with Crippen LogP contribution in [0.4, 0.5) is 0 Å². The fraction of sp³-hybridized carbons (Fsp3) is 1.00. The van der Waals surface area contributed by atoms with E-state index < -0.39 is 10.4 Å². The first-order chi connectivity index (χ1) is 3.71. The van der Waals surface area contributed by atoms with Gasteiger partial charge in [-0.15, -0.1) is 10.4 Å². The maximum atomic E-state index is 5.74. The van der Waals surface area contributed by atoms with E-state index >= 15 is 0 Å². The molecular weight excluding hydrogens is 120 g/mol. The minimum absolute atomic E-state index is 1.08. The van der Waals surface area contributed by atoms with E-state index in [0.29, 0.717) is 0 Å². The van der Waals surface area contributed by atoms with E-state index in [4.69, 9.17) is 10.3 Å². The third-order valence-corrected chi connectivity index (χ3v) is 3.65. The van der Waals surface area contributed by atoms with Crippen molar-refractivity contribution in [3.8, 4) is 0 Å². The Morgan fingerprint density at radius 2 is 1.38 bits per heavy atom. The predicted molar refractivity (Wildman–Crippen MR) is 39.6 cm³/mol. The van der Waals surface area contributed by atoms with Gasteiger partial charge in [0.15, 0.2) is 0 Å². The van der Waals surface area contributed by atoms with Gasteiger partial charge in [-0.1, -0.05) is 6.42 Å². The number of hydrogen-bond donors (Lipinski definition) is 2. The third kappa shape index (κ3) is 1.65. The van der Waals surface area contributed by atoms with Crippen molar-refractivity contribution in [1.29, 1.82) is 0 Å². The predicted octanol–water partition coefficient (Wildman–Crippen LogP) is 0.722. The standard InChI is InChI=1S/C5H14N2S/c6-8(7)4-2-1-3-5-8/h1-7H2. The summed E-state index contributed by atoms with van der Waals surface area (Å²) in [5.41, 5.74) is 0. The summed E-state index contributed by atoms with van der Waals surface area (Å²) in [4.78, 5) is 0. The highest BCUT2D eigenvalue weighted by Crippen LogP contribution is 2.36. The lowest BCUT2D eigenvalue weighted by molar-refractivity contribution is 0.752. The van der Waals surface area contributed by atoms with Gasteiger partial charge in [-0.2, -0.15) is 0 Å². The first-order valence-electron chi connectivity index (χ1n) is 3.05. The Kier molecular flexibility index (Phi) is 1.80. The maximum absolute atomic E-state index is 5.74. The smallest absolute Gasteiger partial charge is 0.000920 e. The van der Waals surface area contributed by atoms with Crippen molar-refractivity contribution in [2.45, 2.75) is 19.3 Å². The maximum Gasteiger partial charge on any atom is 0.000920 e. The molecule has 8 heavy (non-hydrogen) atoms. The minimum Gasteiger partial charge on any atom is -0.284 e. The number of rotatable bonds is 0. The molecule has 0 spiro atoms. The lowest BCUT2D eigenvalue weighted by Gasteiger charge is -2.34. The summed E-state index contributed by atoms with van der Waals surface area (Å²) in [5.74, 6) is 2.18. The summed E-state index contributed by atoms with van der Waals surface area (Å²) in [6.07, 6.45) is 3.84. The zero-order valence-corrected chi connectivity index (χ0v) is 5.91. The van der Waals surface area contributed by atoms with Crippen LogP contribution in [0.25, 0.3) is 0 Å². The van der Waals surface area contributed by atoms with Crippen molar-refractivity contribution >= 4 is 10.4 Å². The van der Waals surface area contributed by atoms with Gasteiger partial charge < -0.3 is 0 Å². The van der Waals surface area contributed by atoms with Crippen LogP contribution in [0.2, 0.25) is 0 Å². The Bertz CT molecular complexity index is 74.5. The Morgan fingerprint density at radius 3 is 1.62 bits per heavy atom. The quantitative estimate of drug-likeness (QED) is 0.513. The van der Waals surface area contributed by atoms with Crippen LogP contribution in [0.1, 0.15) is 19.3 Å². The van der Waals surface area contributed by atoms with Crippen LogP contribution in [0, 0.1) is 0 Å². The molecule has 0 aromatic carbocycles. The first-order valence-corrected chi connectivity index (χ1v) is 5.15. The summed E-state index contributed by atoms with van der Waals surface area (Å²) >= 11 is 0. The van der Waals surface area contributed by atoms with Gasteiger partial charge in [0.25, 0.3) is 0 Å². The van der Waals surface area contributed by atoms with Gasteiger partial charge in [0.05, 0.1) is 0 Å². The summed E-state index contributed by atoms with van der Waals surface area (Å²) in [5, 5.41) is 11.5. The van der Waals surface area contributed by atoms with E-state index in [0.717, 1.165) is 11.5 Å². The van der Waals surface area contributed by atoms with Gasteiger partial charge in [-0.3, -0.25) is 10.3 Å². The molecule has 0 aliphatic carbocycles. The van der Waals surface area contributed by atoms with Crippen LogP contribution >= 0.6 is 10.4 Å². The average molecular weight is 134 g/mol. The fourth-order valence-corrected chi connectivity index (χ4v) is 2.71. The van der Waals surface area contributed by atoms with Crippen LogP contribution in [0.15, 0.2) is 0 Å². The summed E-state index contributed by atoms with van der Waals surface area (Å²) in [6.45, 7) is 0. The second kappa shape index (κ2) is 2.25. The van der Waals surface area contributed by atoms with Crippen molar-refractivity contribution < 1.29 is 0 Å². The Balaban J connectivity index is 2.33.